The molecular weight excluding hydrogens is 404 g/mol. The highest BCUT2D eigenvalue weighted by Crippen LogP contribution is 2.35. The van der Waals surface area contributed by atoms with Crippen molar-refractivity contribution in [1.82, 2.24) is 5.43 Å². The van der Waals surface area contributed by atoms with Crippen LogP contribution >= 0.6 is 15.9 Å². The van der Waals surface area contributed by atoms with E-state index in [4.69, 9.17) is 14.2 Å². The first-order valence-electron chi connectivity index (χ1n) is 7.95. The zero-order chi connectivity index (χ0) is 18.5. The molecule has 2 aromatic carbocycles. The minimum atomic E-state index is -0.785. The summed E-state index contributed by atoms with van der Waals surface area (Å²) in [5, 5.41) is 13.8. The molecule has 136 valence electrons. The molecule has 1 heterocycles. The minimum absolute atomic E-state index is 0.0134. The third-order valence-electron chi connectivity index (χ3n) is 3.54. The van der Waals surface area contributed by atoms with Crippen molar-refractivity contribution < 1.29 is 24.1 Å². The lowest BCUT2D eigenvalue weighted by atomic mass is 10.2. The number of ether oxygens (including phenoxy) is 3. The highest BCUT2D eigenvalue weighted by Gasteiger charge is 2.26. The second kappa shape index (κ2) is 8.09. The number of halogens is 1. The fraction of sp³-hybridized carbons (Fsp3) is 0.222. The van der Waals surface area contributed by atoms with Crippen molar-refractivity contribution in [2.45, 2.75) is 13.0 Å². The van der Waals surface area contributed by atoms with Crippen molar-refractivity contribution >= 4 is 28.1 Å². The second-order valence-electron chi connectivity index (χ2n) is 5.38. The van der Waals surface area contributed by atoms with Crippen molar-refractivity contribution in [3.05, 3.63) is 46.4 Å². The summed E-state index contributed by atoms with van der Waals surface area (Å²) in [5.41, 5.74) is 3.07. The molecule has 0 saturated heterocycles. The number of hydrogen-bond donors (Lipinski definition) is 2. The van der Waals surface area contributed by atoms with Crippen LogP contribution in [0, 0.1) is 0 Å². The molecule has 0 aromatic heterocycles. The molecule has 0 fully saturated rings. The van der Waals surface area contributed by atoms with Crippen LogP contribution in [0.15, 0.2) is 46.0 Å². The van der Waals surface area contributed by atoms with Gasteiger partial charge in [0.15, 0.2) is 23.0 Å². The van der Waals surface area contributed by atoms with Crippen molar-refractivity contribution in [3.63, 3.8) is 0 Å². The van der Waals surface area contributed by atoms with Gasteiger partial charge in [-0.15, -0.1) is 0 Å². The van der Waals surface area contributed by atoms with Gasteiger partial charge >= 0.3 is 0 Å². The normalized spacial score (nSPS) is 15.7. The molecule has 7 nitrogen and oxygen atoms in total. The number of phenols is 1. The second-order valence-corrected chi connectivity index (χ2v) is 6.24. The predicted octanol–water partition coefficient (Wildman–Crippen LogP) is 2.84. The van der Waals surface area contributed by atoms with Crippen molar-refractivity contribution in [3.8, 4) is 23.0 Å². The summed E-state index contributed by atoms with van der Waals surface area (Å²) in [6, 6.07) is 10.4. The van der Waals surface area contributed by atoms with Gasteiger partial charge in [0.25, 0.3) is 5.91 Å². The first kappa shape index (κ1) is 18.1. The predicted molar refractivity (Wildman–Crippen MR) is 99.1 cm³/mol. The lowest BCUT2D eigenvalue weighted by molar-refractivity contribution is -0.130. The van der Waals surface area contributed by atoms with Crippen molar-refractivity contribution in [2.24, 2.45) is 5.10 Å². The maximum atomic E-state index is 12.2. The Morgan fingerprint density at radius 2 is 2.19 bits per heavy atom. The fourth-order valence-electron chi connectivity index (χ4n) is 2.33. The summed E-state index contributed by atoms with van der Waals surface area (Å²) in [6.45, 7) is 2.34. The van der Waals surface area contributed by atoms with Gasteiger partial charge in [-0.05, 0) is 52.7 Å². The van der Waals surface area contributed by atoms with E-state index in [0.717, 1.165) is 0 Å². The van der Waals surface area contributed by atoms with E-state index in [1.165, 1.54) is 6.21 Å². The molecule has 1 atom stereocenters. The summed E-state index contributed by atoms with van der Waals surface area (Å²) in [4.78, 5) is 12.2. The number of carbonyl (C=O) groups excluding carboxylic acids is 1. The minimum Gasteiger partial charge on any atom is -0.503 e. The van der Waals surface area contributed by atoms with E-state index in [1.54, 1.807) is 30.3 Å². The summed E-state index contributed by atoms with van der Waals surface area (Å²) < 4.78 is 16.9. The third kappa shape index (κ3) is 4.08. The van der Waals surface area contributed by atoms with Crippen LogP contribution in [0.3, 0.4) is 0 Å². The molecule has 0 saturated carbocycles. The molecule has 1 aliphatic rings. The summed E-state index contributed by atoms with van der Waals surface area (Å²) >= 11 is 3.25. The van der Waals surface area contributed by atoms with Crippen LogP contribution in [0.5, 0.6) is 23.0 Å². The van der Waals surface area contributed by atoms with E-state index < -0.39 is 12.0 Å². The average Bonchev–Trinajstić information content (AvgIpc) is 2.65. The van der Waals surface area contributed by atoms with Gasteiger partial charge in [-0.2, -0.15) is 5.10 Å². The molecule has 8 heteroatoms. The molecule has 0 spiro atoms. The van der Waals surface area contributed by atoms with Gasteiger partial charge in [-0.1, -0.05) is 12.1 Å². The van der Waals surface area contributed by atoms with E-state index in [9.17, 15) is 9.90 Å². The Hall–Kier alpha value is -2.74. The van der Waals surface area contributed by atoms with Gasteiger partial charge in [0, 0.05) is 0 Å². The van der Waals surface area contributed by atoms with Crippen LogP contribution in [0.25, 0.3) is 0 Å². The zero-order valence-electron chi connectivity index (χ0n) is 13.9. The van der Waals surface area contributed by atoms with E-state index in [0.29, 0.717) is 33.9 Å². The fourth-order valence-corrected chi connectivity index (χ4v) is 2.78. The monoisotopic (exact) mass is 420 g/mol. The standard InChI is InChI=1S/C18H17BrN2O5/c1-2-24-15-8-11(7-12(19)17(15)22)9-20-21-18(23)16-10-25-13-5-3-4-6-14(13)26-16/h3-9,16,22H,2,10H2,1H3,(H,21,23)/b20-9-/t16-/m1/s1. The number of hydrazone groups is 1. The first-order valence-corrected chi connectivity index (χ1v) is 8.74. The lowest BCUT2D eigenvalue weighted by Crippen LogP contribution is -2.42. The molecule has 0 unspecified atom stereocenters. The van der Waals surface area contributed by atoms with Gasteiger partial charge in [0.05, 0.1) is 17.3 Å². The summed E-state index contributed by atoms with van der Waals surface area (Å²) in [7, 11) is 0. The topological polar surface area (TPSA) is 89.4 Å². The number of carbonyl (C=O) groups is 1. The van der Waals surface area contributed by atoms with Crippen molar-refractivity contribution in [1.29, 1.82) is 0 Å². The van der Waals surface area contributed by atoms with Crippen LogP contribution in [0.1, 0.15) is 12.5 Å². The molecule has 1 aliphatic heterocycles. The number of nitrogens with one attached hydrogen (secondary N) is 1. The van der Waals surface area contributed by atoms with Gasteiger partial charge < -0.3 is 19.3 Å². The number of amides is 1. The van der Waals surface area contributed by atoms with Gasteiger partial charge in [0.2, 0.25) is 6.10 Å². The molecular formula is C18H17BrN2O5. The SMILES string of the molecule is CCOc1cc(/C=N\NC(=O)[C@H]2COc3ccccc3O2)cc(Br)c1O. The molecule has 0 bridgehead atoms. The third-order valence-corrected chi connectivity index (χ3v) is 4.14. The van der Waals surface area contributed by atoms with Crippen molar-refractivity contribution in [2.75, 3.05) is 13.2 Å². The smallest absolute Gasteiger partial charge is 0.284 e. The Labute approximate surface area is 158 Å². The van der Waals surface area contributed by atoms with Crippen LogP contribution in [0.2, 0.25) is 0 Å². The molecule has 0 aliphatic carbocycles. The average molecular weight is 421 g/mol. The Balaban J connectivity index is 1.63. The Bertz CT molecular complexity index is 840. The molecule has 3 rings (SSSR count). The number of hydrogen-bond acceptors (Lipinski definition) is 6. The molecule has 2 N–H and O–H groups in total. The van der Waals surface area contributed by atoms with Crippen LogP contribution in [0.4, 0.5) is 0 Å². The molecule has 1 amide bonds. The van der Waals surface area contributed by atoms with E-state index in [-0.39, 0.29) is 12.4 Å². The van der Waals surface area contributed by atoms with E-state index >= 15 is 0 Å². The number of rotatable bonds is 5. The number of nitrogens with zero attached hydrogens (tertiary/aromatic N) is 1. The van der Waals surface area contributed by atoms with E-state index in [1.807, 2.05) is 13.0 Å². The number of aromatic hydroxyl groups is 1. The number of benzene rings is 2. The van der Waals surface area contributed by atoms with Crippen LogP contribution in [-0.4, -0.2) is 36.5 Å². The Kier molecular flexibility index (Phi) is 5.62. The van der Waals surface area contributed by atoms with Crippen LogP contribution < -0.4 is 19.6 Å². The zero-order valence-corrected chi connectivity index (χ0v) is 15.5. The molecule has 2 aromatic rings. The molecule has 26 heavy (non-hydrogen) atoms. The maximum absolute atomic E-state index is 12.2. The van der Waals surface area contributed by atoms with Gasteiger partial charge in [-0.25, -0.2) is 5.43 Å². The summed E-state index contributed by atoms with van der Waals surface area (Å²) in [5.74, 6) is 1.05. The highest BCUT2D eigenvalue weighted by molar-refractivity contribution is 9.10. The van der Waals surface area contributed by atoms with Crippen LogP contribution in [-0.2, 0) is 4.79 Å². The number of phenolic OH excluding ortho intramolecular Hbond substituents is 1. The van der Waals surface area contributed by atoms with Gasteiger partial charge in [-0.3, -0.25) is 4.79 Å². The van der Waals surface area contributed by atoms with Gasteiger partial charge in [0.1, 0.15) is 6.61 Å². The summed E-state index contributed by atoms with van der Waals surface area (Å²) in [6.07, 6.45) is 0.662. The molecule has 0 radical (unpaired) electrons. The quantitative estimate of drug-likeness (QED) is 0.573. The Morgan fingerprint density at radius 1 is 1.42 bits per heavy atom. The number of para-hydroxylation sites is 2. The first-order chi connectivity index (χ1) is 12.6. The maximum Gasteiger partial charge on any atom is 0.284 e. The van der Waals surface area contributed by atoms with E-state index in [2.05, 4.69) is 26.5 Å². The Morgan fingerprint density at radius 3 is 2.96 bits per heavy atom. The highest BCUT2D eigenvalue weighted by atomic mass is 79.9. The largest absolute Gasteiger partial charge is 0.503 e. The number of fused-ring (bicyclic) bond motifs is 1. The lowest BCUT2D eigenvalue weighted by Gasteiger charge is -2.24.